The number of rotatable bonds is 5. The zero-order chi connectivity index (χ0) is 19.6. The van der Waals surface area contributed by atoms with E-state index in [0.29, 0.717) is 16.3 Å². The van der Waals surface area contributed by atoms with Crippen LogP contribution in [0, 0.1) is 17.2 Å². The number of carbonyl (C=O) groups excluding carboxylic acids is 2. The van der Waals surface area contributed by atoms with E-state index in [1.165, 1.54) is 6.92 Å². The Bertz CT molecular complexity index is 1030. The summed E-state index contributed by atoms with van der Waals surface area (Å²) in [6, 6.07) is 16.0. The van der Waals surface area contributed by atoms with Crippen LogP contribution >= 0.6 is 11.8 Å². The normalized spacial score (nSPS) is 19.5. The number of nitrogens with zero attached hydrogens (tertiary/aromatic N) is 2. The molecule has 3 rings (SSSR count). The Labute approximate surface area is 162 Å². The number of benzene rings is 2. The van der Waals surface area contributed by atoms with Crippen molar-refractivity contribution in [3.05, 3.63) is 58.6 Å². The lowest BCUT2D eigenvalue weighted by atomic mass is 9.74. The van der Waals surface area contributed by atoms with Crippen molar-refractivity contribution >= 4 is 39.9 Å². The van der Waals surface area contributed by atoms with Crippen LogP contribution in [-0.2, 0) is 9.59 Å². The van der Waals surface area contributed by atoms with Gasteiger partial charge >= 0.3 is 0 Å². The van der Waals surface area contributed by atoms with E-state index in [9.17, 15) is 14.9 Å². The minimum atomic E-state index is -0.511. The van der Waals surface area contributed by atoms with E-state index in [2.05, 4.69) is 11.1 Å². The van der Waals surface area contributed by atoms with Gasteiger partial charge in [-0.25, -0.2) is 4.99 Å². The van der Waals surface area contributed by atoms with E-state index in [1.54, 1.807) is 6.92 Å². The first-order valence-corrected chi connectivity index (χ1v) is 9.51. The number of hydrogen-bond acceptors (Lipinski definition) is 5. The van der Waals surface area contributed by atoms with Crippen LogP contribution in [0.5, 0.6) is 0 Å². The monoisotopic (exact) mass is 377 g/mol. The van der Waals surface area contributed by atoms with Crippen LogP contribution in [0.3, 0.4) is 0 Å². The first-order chi connectivity index (χ1) is 12.9. The fraction of sp³-hybridized carbons (Fsp3) is 0.238. The summed E-state index contributed by atoms with van der Waals surface area (Å²) < 4.78 is 0. The molecule has 0 fully saturated rings. The Morgan fingerprint density at radius 1 is 1.22 bits per heavy atom. The molecule has 2 aromatic rings. The van der Waals surface area contributed by atoms with E-state index in [-0.39, 0.29) is 11.5 Å². The van der Waals surface area contributed by atoms with Gasteiger partial charge in [0.1, 0.15) is 10.8 Å². The number of ketones is 1. The Hall–Kier alpha value is -2.91. The lowest BCUT2D eigenvalue weighted by Crippen LogP contribution is -2.31. The summed E-state index contributed by atoms with van der Waals surface area (Å²) >= 11 is 1.14. The number of Topliss-reactive ketones (excluding diaryl/α,β-unsaturated/α-hetero) is 1. The molecule has 0 aromatic heterocycles. The highest BCUT2D eigenvalue weighted by molar-refractivity contribution is 8.03. The Morgan fingerprint density at radius 2 is 1.93 bits per heavy atom. The van der Waals surface area contributed by atoms with Crippen LogP contribution in [0.25, 0.3) is 10.8 Å². The number of primary amides is 1. The van der Waals surface area contributed by atoms with E-state index < -0.39 is 17.7 Å². The first-order valence-electron chi connectivity index (χ1n) is 8.52. The predicted molar refractivity (Wildman–Crippen MR) is 108 cm³/mol. The van der Waals surface area contributed by atoms with Crippen molar-refractivity contribution in [3.63, 3.8) is 0 Å². The number of hydrogen-bond donors (Lipinski definition) is 1. The third-order valence-corrected chi connectivity index (χ3v) is 5.68. The molecule has 2 aromatic carbocycles. The fourth-order valence-electron chi connectivity index (χ4n) is 3.58. The third-order valence-electron chi connectivity index (χ3n) is 4.67. The fourth-order valence-corrected chi connectivity index (χ4v) is 4.40. The maximum atomic E-state index is 12.5. The molecular formula is C21H19N3O2S. The lowest BCUT2D eigenvalue weighted by Gasteiger charge is -2.30. The molecule has 0 radical (unpaired) electrons. The Balaban J connectivity index is 2.24. The minimum absolute atomic E-state index is 0.0320. The van der Waals surface area contributed by atoms with Crippen LogP contribution < -0.4 is 5.73 Å². The zero-order valence-corrected chi connectivity index (χ0v) is 15.9. The van der Waals surface area contributed by atoms with Gasteiger partial charge in [0.2, 0.25) is 5.91 Å². The maximum absolute atomic E-state index is 12.5. The summed E-state index contributed by atoms with van der Waals surface area (Å²) in [4.78, 5) is 28.2. The number of nitriles is 1. The van der Waals surface area contributed by atoms with Crippen molar-refractivity contribution in [2.45, 2.75) is 19.8 Å². The highest BCUT2D eigenvalue weighted by Gasteiger charge is 2.38. The summed E-state index contributed by atoms with van der Waals surface area (Å²) in [6.07, 6.45) is 0. The van der Waals surface area contributed by atoms with Crippen molar-refractivity contribution in [1.29, 1.82) is 5.26 Å². The van der Waals surface area contributed by atoms with Gasteiger partial charge in [0.25, 0.3) is 0 Å². The average Bonchev–Trinajstić information content (AvgIpc) is 2.64. The van der Waals surface area contributed by atoms with E-state index in [1.807, 2.05) is 42.5 Å². The molecule has 0 spiro atoms. The van der Waals surface area contributed by atoms with Gasteiger partial charge in [0, 0.05) is 11.6 Å². The molecule has 1 heterocycles. The van der Waals surface area contributed by atoms with Crippen LogP contribution in [0.15, 0.2) is 58.1 Å². The van der Waals surface area contributed by atoms with E-state index >= 15 is 0 Å². The minimum Gasteiger partial charge on any atom is -0.369 e. The number of allylic oxidation sites excluding steroid dienone is 1. The van der Waals surface area contributed by atoms with Gasteiger partial charge in [-0.15, -0.1) is 0 Å². The molecule has 2 atom stereocenters. The molecule has 0 saturated carbocycles. The molecule has 2 N–H and O–H groups in total. The van der Waals surface area contributed by atoms with Crippen LogP contribution in [0.2, 0.25) is 0 Å². The molecule has 5 nitrogen and oxygen atoms in total. The summed E-state index contributed by atoms with van der Waals surface area (Å²) in [5.41, 5.74) is 7.22. The zero-order valence-electron chi connectivity index (χ0n) is 15.1. The van der Waals surface area contributed by atoms with Crippen LogP contribution in [0.1, 0.15) is 25.3 Å². The third kappa shape index (κ3) is 3.64. The SMILES string of the molecule is CC(=O)C1C(C)=NC(SCC(N)=O)=C(C#N)[C@H]1c1cccc2ccccc12. The van der Waals surface area contributed by atoms with Crippen molar-refractivity contribution < 1.29 is 9.59 Å². The van der Waals surface area contributed by atoms with Crippen molar-refractivity contribution in [3.8, 4) is 6.07 Å². The molecule has 0 saturated heterocycles. The summed E-state index contributed by atoms with van der Waals surface area (Å²) in [7, 11) is 0. The number of carbonyl (C=O) groups is 2. The summed E-state index contributed by atoms with van der Waals surface area (Å²) in [5, 5.41) is 12.4. The van der Waals surface area contributed by atoms with Crippen molar-refractivity contribution in [2.75, 3.05) is 5.75 Å². The van der Waals surface area contributed by atoms with E-state index in [4.69, 9.17) is 5.73 Å². The average molecular weight is 377 g/mol. The summed E-state index contributed by atoms with van der Waals surface area (Å²) in [6.45, 7) is 3.32. The molecule has 1 aliphatic heterocycles. The van der Waals surface area contributed by atoms with Crippen LogP contribution in [0.4, 0.5) is 0 Å². The summed E-state index contributed by atoms with van der Waals surface area (Å²) in [5.74, 6) is -1.44. The van der Waals surface area contributed by atoms with Gasteiger partial charge in [-0.3, -0.25) is 9.59 Å². The van der Waals surface area contributed by atoms with Gasteiger partial charge in [0.05, 0.1) is 23.3 Å². The standard InChI is InChI=1S/C21H19N3O2S/c1-12-19(13(2)25)20(17(10-22)21(24-12)27-11-18(23)26)16-9-5-7-14-6-3-4-8-15(14)16/h3-9,19-20H,11H2,1-2H3,(H2,23,26)/t19?,20-/m1/s1. The largest absolute Gasteiger partial charge is 0.369 e. The molecule has 6 heteroatoms. The highest BCUT2D eigenvalue weighted by Crippen LogP contribution is 2.44. The van der Waals surface area contributed by atoms with Gasteiger partial charge in [-0.2, -0.15) is 5.26 Å². The molecule has 0 bridgehead atoms. The lowest BCUT2D eigenvalue weighted by molar-refractivity contribution is -0.119. The van der Waals surface area contributed by atoms with Gasteiger partial charge in [0.15, 0.2) is 0 Å². The number of nitrogens with two attached hydrogens (primary N) is 1. The quantitative estimate of drug-likeness (QED) is 0.861. The number of aliphatic imine (C=N–C) groups is 1. The van der Waals surface area contributed by atoms with Gasteiger partial charge in [-0.05, 0) is 30.2 Å². The smallest absolute Gasteiger partial charge is 0.227 e. The highest BCUT2D eigenvalue weighted by atomic mass is 32.2. The van der Waals surface area contributed by atoms with Crippen molar-refractivity contribution in [2.24, 2.45) is 16.6 Å². The van der Waals surface area contributed by atoms with Crippen molar-refractivity contribution in [1.82, 2.24) is 0 Å². The molecule has 1 unspecified atom stereocenters. The van der Waals surface area contributed by atoms with Gasteiger partial charge in [-0.1, -0.05) is 54.2 Å². The number of fused-ring (bicyclic) bond motifs is 1. The molecule has 27 heavy (non-hydrogen) atoms. The van der Waals surface area contributed by atoms with Gasteiger partial charge < -0.3 is 5.73 Å². The first kappa shape index (κ1) is 18.9. The Morgan fingerprint density at radius 3 is 2.59 bits per heavy atom. The topological polar surface area (TPSA) is 96.3 Å². The number of amides is 1. The maximum Gasteiger partial charge on any atom is 0.227 e. The number of thioether (sulfide) groups is 1. The van der Waals surface area contributed by atoms with Crippen LogP contribution in [-0.4, -0.2) is 23.2 Å². The molecule has 1 amide bonds. The molecular weight excluding hydrogens is 358 g/mol. The molecule has 1 aliphatic rings. The van der Waals surface area contributed by atoms with E-state index in [0.717, 1.165) is 28.1 Å². The Kier molecular flexibility index (Phi) is 5.43. The second kappa shape index (κ2) is 7.77. The second-order valence-electron chi connectivity index (χ2n) is 6.47. The predicted octanol–water partition coefficient (Wildman–Crippen LogP) is 3.56. The second-order valence-corrected chi connectivity index (χ2v) is 7.44. The molecule has 0 aliphatic carbocycles. The molecule has 136 valence electrons.